The number of aliphatic carboxylic acids is 1. The summed E-state index contributed by atoms with van der Waals surface area (Å²) in [5.74, 6) is -1.51. The molecule has 0 aromatic heterocycles. The van der Waals surface area contributed by atoms with Gasteiger partial charge in [0.15, 0.2) is 0 Å². The molecule has 7 heteroatoms. The Morgan fingerprint density at radius 1 is 1.16 bits per heavy atom. The van der Waals surface area contributed by atoms with Crippen molar-refractivity contribution in [1.29, 1.82) is 0 Å². The summed E-state index contributed by atoms with van der Waals surface area (Å²) in [5, 5.41) is 8.75. The van der Waals surface area contributed by atoms with E-state index in [0.717, 1.165) is 11.3 Å². The minimum Gasteiger partial charge on any atom is -0.480 e. The van der Waals surface area contributed by atoms with E-state index in [1.165, 1.54) is 4.90 Å². The first-order valence-corrected chi connectivity index (χ1v) is 6.17. The smallest absolute Gasteiger partial charge is 0.323 e. The zero-order valence-electron chi connectivity index (χ0n) is 11.9. The second-order valence-electron chi connectivity index (χ2n) is 5.09. The Kier molecular flexibility index (Phi) is 6.89. The molecule has 0 aliphatic carbocycles. The maximum atomic E-state index is 12.1. The molecule has 1 atom stereocenters. The molecule has 110 valence electrons. The van der Waals surface area contributed by atoms with Crippen LogP contribution in [-0.2, 0) is 9.59 Å². The van der Waals surface area contributed by atoms with Crippen LogP contribution in [0.1, 0.15) is 27.2 Å². The van der Waals surface area contributed by atoms with Crippen LogP contribution in [0.4, 0.5) is 4.79 Å². The normalized spacial score (nSPS) is 12.1. The van der Waals surface area contributed by atoms with Crippen LogP contribution in [0.25, 0.3) is 0 Å². The fourth-order valence-electron chi connectivity index (χ4n) is 1.79. The van der Waals surface area contributed by atoms with Crippen LogP contribution in [0.3, 0.4) is 0 Å². The Hall–Kier alpha value is -1.79. The molecule has 0 saturated carbocycles. The van der Waals surface area contributed by atoms with Crippen molar-refractivity contribution in [3.63, 3.8) is 0 Å². The third kappa shape index (κ3) is 6.64. The Morgan fingerprint density at radius 3 is 2.05 bits per heavy atom. The lowest BCUT2D eigenvalue weighted by Crippen LogP contribution is -2.49. The molecule has 3 N–H and O–H groups in total. The van der Waals surface area contributed by atoms with Gasteiger partial charge < -0.3 is 20.6 Å². The van der Waals surface area contributed by atoms with Crippen molar-refractivity contribution in [2.24, 2.45) is 11.7 Å². The second kappa shape index (κ2) is 7.60. The third-order valence-electron chi connectivity index (χ3n) is 2.72. The number of carboxylic acids is 1. The molecule has 0 bridgehead atoms. The number of hydrogen-bond donors (Lipinski definition) is 2. The first-order chi connectivity index (χ1) is 8.65. The molecule has 7 nitrogen and oxygen atoms in total. The summed E-state index contributed by atoms with van der Waals surface area (Å²) in [7, 11) is 1.59. The highest BCUT2D eigenvalue weighted by molar-refractivity contribution is 5.85. The van der Waals surface area contributed by atoms with E-state index in [2.05, 4.69) is 0 Å². The van der Waals surface area contributed by atoms with E-state index in [0.29, 0.717) is 5.92 Å². The quantitative estimate of drug-likeness (QED) is 0.698. The highest BCUT2D eigenvalue weighted by atomic mass is 16.4. The summed E-state index contributed by atoms with van der Waals surface area (Å²) in [5.41, 5.74) is 5.02. The molecule has 1 unspecified atom stereocenters. The molecule has 0 aliphatic rings. The van der Waals surface area contributed by atoms with Crippen molar-refractivity contribution in [3.05, 3.63) is 0 Å². The Bertz CT molecular complexity index is 328. The topological polar surface area (TPSA) is 104 Å². The summed E-state index contributed by atoms with van der Waals surface area (Å²) in [6.07, 6.45) is 0.791. The van der Waals surface area contributed by atoms with Crippen LogP contribution in [0, 0.1) is 5.92 Å². The molecule has 0 radical (unpaired) electrons. The first kappa shape index (κ1) is 17.2. The molecule has 0 aliphatic heterocycles. The van der Waals surface area contributed by atoms with E-state index in [9.17, 15) is 14.4 Å². The van der Waals surface area contributed by atoms with Crippen molar-refractivity contribution < 1.29 is 19.5 Å². The van der Waals surface area contributed by atoms with Crippen molar-refractivity contribution in [2.45, 2.75) is 33.2 Å². The molecule has 0 fully saturated rings. The molecular formula is C12H23N3O4. The van der Waals surface area contributed by atoms with Crippen LogP contribution < -0.4 is 5.73 Å². The van der Waals surface area contributed by atoms with Crippen molar-refractivity contribution in [2.75, 3.05) is 20.1 Å². The second-order valence-corrected chi connectivity index (χ2v) is 5.09. The molecule has 3 amide bonds. The highest BCUT2D eigenvalue weighted by Gasteiger charge is 2.25. The predicted molar refractivity (Wildman–Crippen MR) is 70.5 cm³/mol. The average Bonchev–Trinajstić information content (AvgIpc) is 2.23. The van der Waals surface area contributed by atoms with E-state index in [-0.39, 0.29) is 6.04 Å². The Balaban J connectivity index is 4.76. The van der Waals surface area contributed by atoms with Gasteiger partial charge in [-0.3, -0.25) is 9.59 Å². The van der Waals surface area contributed by atoms with Gasteiger partial charge in [0.1, 0.15) is 13.1 Å². The average molecular weight is 273 g/mol. The van der Waals surface area contributed by atoms with Gasteiger partial charge in [-0.05, 0) is 19.3 Å². The molecule has 0 aromatic rings. The lowest BCUT2D eigenvalue weighted by molar-refractivity contribution is -0.138. The van der Waals surface area contributed by atoms with Gasteiger partial charge in [0.2, 0.25) is 5.91 Å². The van der Waals surface area contributed by atoms with Crippen molar-refractivity contribution in [1.82, 2.24) is 9.80 Å². The van der Waals surface area contributed by atoms with Crippen molar-refractivity contribution in [3.8, 4) is 0 Å². The van der Waals surface area contributed by atoms with E-state index >= 15 is 0 Å². The molecular weight excluding hydrogens is 250 g/mol. The van der Waals surface area contributed by atoms with Crippen LogP contribution in [0.2, 0.25) is 0 Å². The summed E-state index contributed by atoms with van der Waals surface area (Å²) >= 11 is 0. The van der Waals surface area contributed by atoms with E-state index in [1.807, 2.05) is 20.8 Å². The summed E-state index contributed by atoms with van der Waals surface area (Å²) in [4.78, 5) is 36.1. The summed E-state index contributed by atoms with van der Waals surface area (Å²) < 4.78 is 0. The van der Waals surface area contributed by atoms with Crippen LogP contribution in [0.5, 0.6) is 0 Å². The molecule has 0 spiro atoms. The number of nitrogens with two attached hydrogens (primary N) is 1. The van der Waals surface area contributed by atoms with Gasteiger partial charge in [-0.15, -0.1) is 0 Å². The Morgan fingerprint density at radius 2 is 1.68 bits per heavy atom. The monoisotopic (exact) mass is 273 g/mol. The molecule has 0 heterocycles. The van der Waals surface area contributed by atoms with Gasteiger partial charge in [0, 0.05) is 13.1 Å². The van der Waals surface area contributed by atoms with Gasteiger partial charge in [0.25, 0.3) is 0 Å². The van der Waals surface area contributed by atoms with Crippen LogP contribution in [-0.4, -0.2) is 59.0 Å². The number of carbonyl (C=O) groups is 3. The maximum absolute atomic E-state index is 12.1. The largest absolute Gasteiger partial charge is 0.480 e. The van der Waals surface area contributed by atoms with Gasteiger partial charge in [-0.1, -0.05) is 13.8 Å². The van der Waals surface area contributed by atoms with E-state index in [1.54, 1.807) is 7.05 Å². The molecule has 0 saturated heterocycles. The number of carboxylic acid groups (broad SMARTS) is 1. The molecule has 0 rings (SSSR count). The maximum Gasteiger partial charge on any atom is 0.323 e. The predicted octanol–water partition coefficient (Wildman–Crippen LogP) is 0.345. The summed E-state index contributed by atoms with van der Waals surface area (Å²) in [6.45, 7) is 5.01. The van der Waals surface area contributed by atoms with Crippen LogP contribution in [0.15, 0.2) is 0 Å². The van der Waals surface area contributed by atoms with Gasteiger partial charge in [0.05, 0.1) is 0 Å². The SMILES string of the molecule is CC(C)CC(C)N(C)C(=O)N(CC(N)=O)CC(=O)O. The number of urea groups is 1. The lowest BCUT2D eigenvalue weighted by atomic mass is 10.0. The molecule has 0 aromatic carbocycles. The number of amides is 3. The van der Waals surface area contributed by atoms with Crippen LogP contribution >= 0.6 is 0 Å². The molecule has 19 heavy (non-hydrogen) atoms. The first-order valence-electron chi connectivity index (χ1n) is 6.17. The van der Waals surface area contributed by atoms with Crippen molar-refractivity contribution >= 4 is 17.9 Å². The fraction of sp³-hybridized carbons (Fsp3) is 0.750. The Labute approximate surface area is 113 Å². The number of hydrogen-bond acceptors (Lipinski definition) is 3. The summed E-state index contributed by atoms with van der Waals surface area (Å²) in [6, 6.07) is -0.550. The van der Waals surface area contributed by atoms with Gasteiger partial charge in [-0.25, -0.2) is 4.79 Å². The minimum atomic E-state index is -1.18. The number of primary amides is 1. The highest BCUT2D eigenvalue weighted by Crippen LogP contribution is 2.11. The van der Waals surface area contributed by atoms with E-state index in [4.69, 9.17) is 10.8 Å². The number of carbonyl (C=O) groups excluding carboxylic acids is 2. The number of rotatable bonds is 7. The van der Waals surface area contributed by atoms with Gasteiger partial charge in [-0.2, -0.15) is 0 Å². The number of nitrogens with zero attached hydrogens (tertiary/aromatic N) is 2. The standard InChI is InChI=1S/C12H23N3O4/c1-8(2)5-9(3)14(4)12(19)15(6-10(13)16)7-11(17)18/h8-9H,5-7H2,1-4H3,(H2,13,16)(H,17,18). The third-order valence-corrected chi connectivity index (χ3v) is 2.72. The zero-order valence-corrected chi connectivity index (χ0v) is 11.9. The fourth-order valence-corrected chi connectivity index (χ4v) is 1.79. The minimum absolute atomic E-state index is 0.0447. The van der Waals surface area contributed by atoms with Gasteiger partial charge >= 0.3 is 12.0 Å². The van der Waals surface area contributed by atoms with E-state index < -0.39 is 31.0 Å². The lowest BCUT2D eigenvalue weighted by Gasteiger charge is -2.31. The zero-order chi connectivity index (χ0) is 15.2.